The van der Waals surface area contributed by atoms with Gasteiger partial charge in [0, 0.05) is 39.4 Å². The van der Waals surface area contributed by atoms with Crippen molar-refractivity contribution < 1.29 is 14.3 Å². The summed E-state index contributed by atoms with van der Waals surface area (Å²) >= 11 is 1.39. The van der Waals surface area contributed by atoms with Gasteiger partial charge in [0.15, 0.2) is 5.16 Å². The number of aromatic nitrogens is 3. The van der Waals surface area contributed by atoms with E-state index >= 15 is 0 Å². The Morgan fingerprint density at radius 3 is 2.88 bits per heavy atom. The van der Waals surface area contributed by atoms with E-state index in [-0.39, 0.29) is 5.91 Å². The molecular weight excluding hydrogens is 340 g/mol. The number of para-hydroxylation sites is 1. The van der Waals surface area contributed by atoms with Crippen molar-refractivity contribution in [3.63, 3.8) is 0 Å². The van der Waals surface area contributed by atoms with Gasteiger partial charge < -0.3 is 18.9 Å². The standard InChI is InChI=1S/C17H24N4O3S/c1-20(11-14-7-4-5-8-15(14)24-3)16(22)12-25-17-19-18-13-21(17)9-6-10-23-2/h4-5,7-8,13H,6,9-12H2,1-3H3. The number of aryl methyl sites for hydroxylation is 1. The fourth-order valence-electron chi connectivity index (χ4n) is 2.30. The van der Waals surface area contributed by atoms with Crippen LogP contribution in [0.25, 0.3) is 0 Å². The lowest BCUT2D eigenvalue weighted by Gasteiger charge is -2.18. The molecule has 2 aromatic rings. The second-order valence-corrected chi connectivity index (χ2v) is 6.45. The van der Waals surface area contributed by atoms with Crippen molar-refractivity contribution >= 4 is 17.7 Å². The van der Waals surface area contributed by atoms with E-state index < -0.39 is 0 Å². The van der Waals surface area contributed by atoms with E-state index in [1.807, 2.05) is 28.8 Å². The topological polar surface area (TPSA) is 69.5 Å². The van der Waals surface area contributed by atoms with Gasteiger partial charge >= 0.3 is 0 Å². The highest BCUT2D eigenvalue weighted by Gasteiger charge is 2.14. The molecule has 1 heterocycles. The van der Waals surface area contributed by atoms with Gasteiger partial charge in [-0.2, -0.15) is 0 Å². The van der Waals surface area contributed by atoms with Crippen molar-refractivity contribution in [3.05, 3.63) is 36.2 Å². The van der Waals surface area contributed by atoms with Crippen LogP contribution in [0.4, 0.5) is 0 Å². The molecule has 0 N–H and O–H groups in total. The summed E-state index contributed by atoms with van der Waals surface area (Å²) in [6, 6.07) is 7.71. The Bertz CT molecular complexity index is 677. The van der Waals surface area contributed by atoms with Crippen LogP contribution in [-0.4, -0.2) is 59.2 Å². The number of thioether (sulfide) groups is 1. The van der Waals surface area contributed by atoms with Crippen molar-refractivity contribution in [1.82, 2.24) is 19.7 Å². The third-order valence-corrected chi connectivity index (χ3v) is 4.64. The summed E-state index contributed by atoms with van der Waals surface area (Å²) in [6.07, 6.45) is 2.56. The van der Waals surface area contributed by atoms with Crippen LogP contribution in [0.5, 0.6) is 5.75 Å². The molecule has 1 aromatic carbocycles. The Kier molecular flexibility index (Phi) is 7.75. The van der Waals surface area contributed by atoms with E-state index in [4.69, 9.17) is 9.47 Å². The lowest BCUT2D eigenvalue weighted by Crippen LogP contribution is -2.28. The number of benzene rings is 1. The largest absolute Gasteiger partial charge is 0.496 e. The summed E-state index contributed by atoms with van der Waals surface area (Å²) < 4.78 is 12.3. The van der Waals surface area contributed by atoms with Crippen LogP contribution >= 0.6 is 11.8 Å². The lowest BCUT2D eigenvalue weighted by molar-refractivity contribution is -0.127. The predicted octanol–water partition coefficient (Wildman–Crippen LogP) is 2.07. The Morgan fingerprint density at radius 2 is 2.12 bits per heavy atom. The monoisotopic (exact) mass is 364 g/mol. The molecule has 2 rings (SSSR count). The quantitative estimate of drug-likeness (QED) is 0.475. The minimum atomic E-state index is 0.0300. The van der Waals surface area contributed by atoms with Crippen LogP contribution in [0.2, 0.25) is 0 Å². The maximum atomic E-state index is 12.4. The molecule has 7 nitrogen and oxygen atoms in total. The van der Waals surface area contributed by atoms with Gasteiger partial charge in [0.1, 0.15) is 12.1 Å². The van der Waals surface area contributed by atoms with Crippen molar-refractivity contribution in [1.29, 1.82) is 0 Å². The molecule has 136 valence electrons. The molecule has 1 amide bonds. The number of methoxy groups -OCH3 is 2. The minimum Gasteiger partial charge on any atom is -0.496 e. The summed E-state index contributed by atoms with van der Waals surface area (Å²) in [7, 11) is 5.10. The lowest BCUT2D eigenvalue weighted by atomic mass is 10.2. The maximum absolute atomic E-state index is 12.4. The van der Waals surface area contributed by atoms with Crippen molar-refractivity contribution in [2.45, 2.75) is 24.7 Å². The number of hydrogen-bond acceptors (Lipinski definition) is 6. The zero-order chi connectivity index (χ0) is 18.1. The van der Waals surface area contributed by atoms with Crippen LogP contribution in [0.1, 0.15) is 12.0 Å². The third kappa shape index (κ3) is 5.75. The molecule has 8 heteroatoms. The molecule has 0 bridgehead atoms. The van der Waals surface area contributed by atoms with E-state index in [0.29, 0.717) is 18.9 Å². The van der Waals surface area contributed by atoms with E-state index in [2.05, 4.69) is 10.2 Å². The smallest absolute Gasteiger partial charge is 0.233 e. The van der Waals surface area contributed by atoms with E-state index in [1.165, 1.54) is 11.8 Å². The average molecular weight is 364 g/mol. The summed E-state index contributed by atoms with van der Waals surface area (Å²) in [4.78, 5) is 14.1. The summed E-state index contributed by atoms with van der Waals surface area (Å²) in [6.45, 7) is 1.96. The van der Waals surface area contributed by atoms with Crippen LogP contribution < -0.4 is 4.74 Å². The zero-order valence-electron chi connectivity index (χ0n) is 14.8. The average Bonchev–Trinajstić information content (AvgIpc) is 3.07. The molecule has 0 saturated carbocycles. The van der Waals surface area contributed by atoms with Gasteiger partial charge in [0.2, 0.25) is 5.91 Å². The molecule has 0 aliphatic heterocycles. The second kappa shape index (κ2) is 10.0. The van der Waals surface area contributed by atoms with E-state index in [1.54, 1.807) is 32.5 Å². The fraction of sp³-hybridized carbons (Fsp3) is 0.471. The van der Waals surface area contributed by atoms with Gasteiger partial charge in [-0.3, -0.25) is 4.79 Å². The highest BCUT2D eigenvalue weighted by Crippen LogP contribution is 2.20. The highest BCUT2D eigenvalue weighted by atomic mass is 32.2. The van der Waals surface area contributed by atoms with E-state index in [0.717, 1.165) is 29.4 Å². The minimum absolute atomic E-state index is 0.0300. The summed E-state index contributed by atoms with van der Waals surface area (Å²) in [5.74, 6) is 1.13. The zero-order valence-corrected chi connectivity index (χ0v) is 15.7. The van der Waals surface area contributed by atoms with Gasteiger partial charge in [-0.25, -0.2) is 0 Å². The molecule has 0 radical (unpaired) electrons. The van der Waals surface area contributed by atoms with Crippen LogP contribution in [-0.2, 0) is 22.6 Å². The predicted molar refractivity (Wildman–Crippen MR) is 96.7 cm³/mol. The first-order chi connectivity index (χ1) is 12.2. The first kappa shape index (κ1) is 19.3. The van der Waals surface area contributed by atoms with Crippen LogP contribution in [0.15, 0.2) is 35.7 Å². The number of ether oxygens (including phenoxy) is 2. The molecule has 1 aromatic heterocycles. The molecule has 0 aliphatic rings. The Morgan fingerprint density at radius 1 is 1.32 bits per heavy atom. The Hall–Kier alpha value is -2.06. The fourth-order valence-corrected chi connectivity index (χ4v) is 3.18. The summed E-state index contributed by atoms with van der Waals surface area (Å²) in [5, 5.41) is 8.75. The van der Waals surface area contributed by atoms with Gasteiger partial charge in [0.25, 0.3) is 0 Å². The SMILES string of the molecule is COCCCn1cnnc1SCC(=O)N(C)Cc1ccccc1OC. The Labute approximate surface area is 152 Å². The highest BCUT2D eigenvalue weighted by molar-refractivity contribution is 7.99. The molecule has 0 spiro atoms. The molecular formula is C17H24N4O3S. The van der Waals surface area contributed by atoms with Crippen molar-refractivity contribution in [3.8, 4) is 5.75 Å². The Balaban J connectivity index is 1.86. The molecule has 0 unspecified atom stereocenters. The number of hydrogen-bond donors (Lipinski definition) is 0. The number of carbonyl (C=O) groups is 1. The first-order valence-corrected chi connectivity index (χ1v) is 8.99. The van der Waals surface area contributed by atoms with Crippen molar-refractivity contribution in [2.75, 3.05) is 33.6 Å². The molecule has 0 aliphatic carbocycles. The van der Waals surface area contributed by atoms with Crippen LogP contribution in [0.3, 0.4) is 0 Å². The van der Waals surface area contributed by atoms with E-state index in [9.17, 15) is 4.79 Å². The molecule has 0 saturated heterocycles. The van der Waals surface area contributed by atoms with Gasteiger partial charge in [-0.15, -0.1) is 10.2 Å². The van der Waals surface area contributed by atoms with Gasteiger partial charge in [-0.1, -0.05) is 30.0 Å². The third-order valence-electron chi connectivity index (χ3n) is 3.68. The van der Waals surface area contributed by atoms with Gasteiger partial charge in [0.05, 0.1) is 12.9 Å². The normalized spacial score (nSPS) is 10.7. The van der Waals surface area contributed by atoms with Crippen LogP contribution in [0, 0.1) is 0 Å². The number of amides is 1. The first-order valence-electron chi connectivity index (χ1n) is 8.01. The van der Waals surface area contributed by atoms with Gasteiger partial charge in [-0.05, 0) is 12.5 Å². The number of rotatable bonds is 10. The maximum Gasteiger partial charge on any atom is 0.233 e. The number of nitrogens with zero attached hydrogens (tertiary/aromatic N) is 4. The molecule has 0 atom stereocenters. The molecule has 0 fully saturated rings. The van der Waals surface area contributed by atoms with Crippen molar-refractivity contribution in [2.24, 2.45) is 0 Å². The summed E-state index contributed by atoms with van der Waals surface area (Å²) in [5.41, 5.74) is 0.980. The number of carbonyl (C=O) groups excluding carboxylic acids is 1. The second-order valence-electron chi connectivity index (χ2n) is 5.50. The molecule has 25 heavy (non-hydrogen) atoms.